The molecule has 5 nitrogen and oxygen atoms in total. The van der Waals surface area contributed by atoms with Crippen molar-refractivity contribution in [1.29, 1.82) is 0 Å². The number of hydrogen-bond donors (Lipinski definition) is 2. The highest BCUT2D eigenvalue weighted by Crippen LogP contribution is 2.31. The van der Waals surface area contributed by atoms with E-state index >= 15 is 0 Å². The van der Waals surface area contributed by atoms with E-state index < -0.39 is 29.4 Å². The molecule has 0 spiro atoms. The lowest BCUT2D eigenvalue weighted by atomic mass is 9.75. The standard InChI is InChI=1S/C9H16O5/c1-5(6(2)10)9(3,7(11)12)8(13)14-4/h5-6,10H,1-4H3,(H,11,12). The molecule has 5 heteroatoms. The Labute approximate surface area is 82.7 Å². The smallest absolute Gasteiger partial charge is 0.323 e. The topological polar surface area (TPSA) is 83.8 Å². The van der Waals surface area contributed by atoms with Gasteiger partial charge in [-0.15, -0.1) is 0 Å². The molecule has 0 amide bonds. The van der Waals surface area contributed by atoms with E-state index in [-0.39, 0.29) is 0 Å². The first kappa shape index (κ1) is 12.9. The van der Waals surface area contributed by atoms with E-state index in [2.05, 4.69) is 4.74 Å². The highest BCUT2D eigenvalue weighted by atomic mass is 16.5. The third-order valence-electron chi connectivity index (χ3n) is 2.69. The van der Waals surface area contributed by atoms with Gasteiger partial charge in [-0.3, -0.25) is 9.59 Å². The molecule has 0 fully saturated rings. The molecule has 0 rings (SSSR count). The molecule has 82 valence electrons. The van der Waals surface area contributed by atoms with Gasteiger partial charge in [0.15, 0.2) is 5.41 Å². The van der Waals surface area contributed by atoms with Crippen molar-refractivity contribution >= 4 is 11.9 Å². The number of aliphatic hydroxyl groups excluding tert-OH is 1. The molecule has 0 aliphatic rings. The summed E-state index contributed by atoms with van der Waals surface area (Å²) in [6.07, 6.45) is -0.893. The van der Waals surface area contributed by atoms with E-state index in [4.69, 9.17) is 5.11 Å². The van der Waals surface area contributed by atoms with Crippen molar-refractivity contribution < 1.29 is 24.5 Å². The molecular weight excluding hydrogens is 188 g/mol. The Kier molecular flexibility index (Phi) is 4.07. The predicted octanol–water partition coefficient (Wildman–Crippen LogP) is 0.267. The zero-order valence-corrected chi connectivity index (χ0v) is 8.77. The molecule has 3 unspecified atom stereocenters. The van der Waals surface area contributed by atoms with E-state index in [1.807, 2.05) is 0 Å². The Hall–Kier alpha value is -1.10. The van der Waals surface area contributed by atoms with Gasteiger partial charge in [-0.2, -0.15) is 0 Å². The molecule has 0 aliphatic carbocycles. The van der Waals surface area contributed by atoms with Crippen molar-refractivity contribution in [3.05, 3.63) is 0 Å². The number of carboxylic acid groups (broad SMARTS) is 1. The lowest BCUT2D eigenvalue weighted by molar-refractivity contribution is -0.172. The second-order valence-corrected chi connectivity index (χ2v) is 3.53. The molecule has 0 heterocycles. The first-order valence-corrected chi connectivity index (χ1v) is 4.28. The largest absolute Gasteiger partial charge is 0.480 e. The van der Waals surface area contributed by atoms with E-state index in [1.54, 1.807) is 0 Å². The summed E-state index contributed by atoms with van der Waals surface area (Å²) >= 11 is 0. The van der Waals surface area contributed by atoms with Gasteiger partial charge in [0.05, 0.1) is 13.2 Å². The van der Waals surface area contributed by atoms with Crippen LogP contribution in [0.4, 0.5) is 0 Å². The fourth-order valence-corrected chi connectivity index (χ4v) is 1.16. The van der Waals surface area contributed by atoms with Crippen LogP contribution in [-0.2, 0) is 14.3 Å². The Bertz CT molecular complexity index is 235. The number of aliphatic hydroxyl groups is 1. The van der Waals surface area contributed by atoms with Crippen molar-refractivity contribution in [2.45, 2.75) is 26.9 Å². The van der Waals surface area contributed by atoms with Crippen LogP contribution in [0.1, 0.15) is 20.8 Å². The van der Waals surface area contributed by atoms with Crippen LogP contribution < -0.4 is 0 Å². The second-order valence-electron chi connectivity index (χ2n) is 3.53. The maximum Gasteiger partial charge on any atom is 0.323 e. The van der Waals surface area contributed by atoms with Gasteiger partial charge in [-0.05, 0) is 13.8 Å². The lowest BCUT2D eigenvalue weighted by Gasteiger charge is -2.30. The molecule has 2 N–H and O–H groups in total. The van der Waals surface area contributed by atoms with E-state index in [0.29, 0.717) is 0 Å². The van der Waals surface area contributed by atoms with Crippen LogP contribution >= 0.6 is 0 Å². The maximum absolute atomic E-state index is 11.3. The van der Waals surface area contributed by atoms with Crippen LogP contribution in [0.3, 0.4) is 0 Å². The highest BCUT2D eigenvalue weighted by Gasteiger charge is 2.49. The lowest BCUT2D eigenvalue weighted by Crippen LogP contribution is -2.46. The van der Waals surface area contributed by atoms with Gasteiger partial charge in [0.2, 0.25) is 0 Å². The molecule has 0 saturated heterocycles. The van der Waals surface area contributed by atoms with Gasteiger partial charge < -0.3 is 14.9 Å². The van der Waals surface area contributed by atoms with Gasteiger partial charge in [0, 0.05) is 5.92 Å². The van der Waals surface area contributed by atoms with E-state index in [1.165, 1.54) is 20.8 Å². The summed E-state index contributed by atoms with van der Waals surface area (Å²) in [5.74, 6) is -2.86. The van der Waals surface area contributed by atoms with Crippen molar-refractivity contribution in [3.63, 3.8) is 0 Å². The average molecular weight is 204 g/mol. The molecular formula is C9H16O5. The van der Waals surface area contributed by atoms with Crippen LogP contribution in [0.25, 0.3) is 0 Å². The number of carbonyl (C=O) groups is 2. The number of rotatable bonds is 4. The zero-order chi connectivity index (χ0) is 11.5. The van der Waals surface area contributed by atoms with E-state index in [0.717, 1.165) is 7.11 Å². The summed E-state index contributed by atoms with van der Waals surface area (Å²) in [7, 11) is 1.12. The van der Waals surface area contributed by atoms with Crippen molar-refractivity contribution in [3.8, 4) is 0 Å². The van der Waals surface area contributed by atoms with Crippen LogP contribution in [-0.4, -0.2) is 35.4 Å². The number of esters is 1. The second kappa shape index (κ2) is 4.41. The minimum atomic E-state index is -1.71. The maximum atomic E-state index is 11.3. The minimum absolute atomic E-state index is 0.715. The van der Waals surface area contributed by atoms with Crippen LogP contribution in [0, 0.1) is 11.3 Å². The van der Waals surface area contributed by atoms with Crippen molar-refractivity contribution in [2.75, 3.05) is 7.11 Å². The summed E-state index contributed by atoms with van der Waals surface area (Å²) in [4.78, 5) is 22.3. The zero-order valence-electron chi connectivity index (χ0n) is 8.77. The quantitative estimate of drug-likeness (QED) is 0.507. The van der Waals surface area contributed by atoms with Crippen LogP contribution in [0.5, 0.6) is 0 Å². The third-order valence-corrected chi connectivity index (χ3v) is 2.69. The van der Waals surface area contributed by atoms with Crippen molar-refractivity contribution in [1.82, 2.24) is 0 Å². The monoisotopic (exact) mass is 204 g/mol. The molecule has 0 radical (unpaired) electrons. The molecule has 0 aromatic carbocycles. The minimum Gasteiger partial charge on any atom is -0.480 e. The summed E-state index contributed by atoms with van der Waals surface area (Å²) in [5, 5.41) is 18.2. The van der Waals surface area contributed by atoms with E-state index in [9.17, 15) is 14.7 Å². The fraction of sp³-hybridized carbons (Fsp3) is 0.778. The molecule has 0 aromatic heterocycles. The van der Waals surface area contributed by atoms with Gasteiger partial charge >= 0.3 is 11.9 Å². The third kappa shape index (κ3) is 2.04. The summed E-state index contributed by atoms with van der Waals surface area (Å²) in [6.45, 7) is 4.18. The Morgan fingerprint density at radius 2 is 1.79 bits per heavy atom. The fourth-order valence-electron chi connectivity index (χ4n) is 1.16. The molecule has 3 atom stereocenters. The molecule has 0 saturated carbocycles. The van der Waals surface area contributed by atoms with Gasteiger partial charge in [-0.25, -0.2) is 0 Å². The summed E-state index contributed by atoms with van der Waals surface area (Å²) in [5.41, 5.74) is -1.71. The van der Waals surface area contributed by atoms with Gasteiger partial charge in [0.25, 0.3) is 0 Å². The van der Waals surface area contributed by atoms with Crippen LogP contribution in [0.2, 0.25) is 0 Å². The normalized spacial score (nSPS) is 19.2. The number of hydrogen-bond acceptors (Lipinski definition) is 4. The molecule has 0 aliphatic heterocycles. The summed E-state index contributed by atoms with van der Waals surface area (Å²) in [6, 6.07) is 0. The molecule has 0 bridgehead atoms. The first-order chi connectivity index (χ1) is 6.28. The molecule has 14 heavy (non-hydrogen) atoms. The Balaban J connectivity index is 5.10. The number of ether oxygens (including phenoxy) is 1. The highest BCUT2D eigenvalue weighted by molar-refractivity contribution is 5.99. The van der Waals surface area contributed by atoms with Gasteiger partial charge in [0.1, 0.15) is 0 Å². The van der Waals surface area contributed by atoms with Crippen LogP contribution in [0.15, 0.2) is 0 Å². The first-order valence-electron chi connectivity index (χ1n) is 4.28. The number of carboxylic acids is 1. The summed E-state index contributed by atoms with van der Waals surface area (Å²) < 4.78 is 4.42. The Morgan fingerprint density at radius 1 is 1.36 bits per heavy atom. The van der Waals surface area contributed by atoms with Gasteiger partial charge in [-0.1, -0.05) is 6.92 Å². The SMILES string of the molecule is COC(=O)C(C)(C(=O)O)C(C)C(C)O. The Morgan fingerprint density at radius 3 is 2.00 bits per heavy atom. The predicted molar refractivity (Wildman–Crippen MR) is 48.6 cm³/mol. The molecule has 0 aromatic rings. The van der Waals surface area contributed by atoms with Crippen molar-refractivity contribution in [2.24, 2.45) is 11.3 Å². The number of aliphatic carboxylic acids is 1. The number of carbonyl (C=O) groups excluding carboxylic acids is 1. The number of methoxy groups -OCH3 is 1. The average Bonchev–Trinajstić information content (AvgIpc) is 2.13.